The molecule has 0 bridgehead atoms. The number of benzene rings is 1. The molecule has 5 nitrogen and oxygen atoms in total. The molecule has 1 aromatic carbocycles. The van der Waals surface area contributed by atoms with Gasteiger partial charge in [0.15, 0.2) is 10.9 Å². The first-order valence-electron chi connectivity index (χ1n) is 7.77. The van der Waals surface area contributed by atoms with Gasteiger partial charge < -0.3 is 9.88 Å². The number of anilines is 1. The molecular formula is C17H18F3N3O2S. The minimum Gasteiger partial charge on any atom is -0.315 e. The first-order chi connectivity index (χ1) is 12.1. The number of carbonyl (C=O) groups excluding carboxylic acids is 1. The van der Waals surface area contributed by atoms with Gasteiger partial charge in [0, 0.05) is 18.8 Å². The number of halogens is 3. The summed E-state index contributed by atoms with van der Waals surface area (Å²) in [4.78, 5) is 31.5. The molecule has 0 aliphatic heterocycles. The summed E-state index contributed by atoms with van der Waals surface area (Å²) in [6, 6.07) is 9.28. The molecule has 0 saturated heterocycles. The number of alkyl halides is 3. The van der Waals surface area contributed by atoms with Crippen molar-refractivity contribution in [2.75, 3.05) is 11.9 Å². The van der Waals surface area contributed by atoms with Gasteiger partial charge in [-0.1, -0.05) is 43.8 Å². The second kappa shape index (κ2) is 7.94. The fourth-order valence-corrected chi connectivity index (χ4v) is 3.28. The van der Waals surface area contributed by atoms with Crippen molar-refractivity contribution in [1.29, 1.82) is 0 Å². The fourth-order valence-electron chi connectivity index (χ4n) is 2.20. The Bertz CT molecular complexity index is 822. The van der Waals surface area contributed by atoms with Gasteiger partial charge in [-0.25, -0.2) is 4.98 Å². The van der Waals surface area contributed by atoms with Gasteiger partial charge in [-0.3, -0.25) is 9.59 Å². The third-order valence-electron chi connectivity index (χ3n) is 3.57. The molecule has 0 aliphatic rings. The number of amides is 1. The van der Waals surface area contributed by atoms with Crippen LogP contribution in [0.2, 0.25) is 0 Å². The molecule has 0 aliphatic carbocycles. The summed E-state index contributed by atoms with van der Waals surface area (Å²) in [5.41, 5.74) is -1.54. The average Bonchev–Trinajstić information content (AvgIpc) is 2.57. The van der Waals surface area contributed by atoms with E-state index in [-0.39, 0.29) is 17.0 Å². The highest BCUT2D eigenvalue weighted by molar-refractivity contribution is 8.00. The summed E-state index contributed by atoms with van der Waals surface area (Å²) in [7, 11) is 1.59. The Morgan fingerprint density at radius 1 is 1.23 bits per heavy atom. The van der Waals surface area contributed by atoms with Crippen LogP contribution in [0.3, 0.4) is 0 Å². The lowest BCUT2D eigenvalue weighted by molar-refractivity contribution is -0.141. The lowest BCUT2D eigenvalue weighted by atomic mass is 10.1. The topological polar surface area (TPSA) is 66.1 Å². The largest absolute Gasteiger partial charge is 0.433 e. The Labute approximate surface area is 152 Å². The smallest absolute Gasteiger partial charge is 0.315 e. The molecule has 1 N–H and O–H groups in total. The maximum atomic E-state index is 12.9. The minimum absolute atomic E-state index is 0.196. The maximum absolute atomic E-state index is 12.9. The molecule has 1 atom stereocenters. The van der Waals surface area contributed by atoms with Gasteiger partial charge in [0.2, 0.25) is 5.91 Å². The first kappa shape index (κ1) is 20.0. The van der Waals surface area contributed by atoms with Gasteiger partial charge in [-0.05, 0) is 18.1 Å². The molecule has 1 unspecified atom stereocenters. The van der Waals surface area contributed by atoms with Crippen molar-refractivity contribution in [1.82, 2.24) is 9.97 Å². The van der Waals surface area contributed by atoms with E-state index >= 15 is 0 Å². The average molecular weight is 385 g/mol. The Balaban J connectivity index is 2.30. The third kappa shape index (κ3) is 4.87. The predicted molar refractivity (Wildman–Crippen MR) is 94.2 cm³/mol. The molecule has 1 aromatic heterocycles. The third-order valence-corrected chi connectivity index (χ3v) is 4.99. The fraction of sp³-hybridized carbons (Fsp3) is 0.353. The molecule has 140 valence electrons. The van der Waals surface area contributed by atoms with Crippen molar-refractivity contribution >= 4 is 23.4 Å². The second-order valence-corrected chi connectivity index (χ2v) is 7.08. The van der Waals surface area contributed by atoms with Gasteiger partial charge in [0.1, 0.15) is 0 Å². The van der Waals surface area contributed by atoms with Crippen molar-refractivity contribution in [2.24, 2.45) is 5.92 Å². The SMILES string of the molecule is CC(C)C(Sc1nc(C(F)(F)F)cc(=O)[nH]1)C(=O)N(C)c1ccccc1. The number of nitrogens with zero attached hydrogens (tertiary/aromatic N) is 2. The van der Waals surface area contributed by atoms with E-state index in [1.807, 2.05) is 6.07 Å². The van der Waals surface area contributed by atoms with Crippen LogP contribution in [0.15, 0.2) is 46.3 Å². The van der Waals surface area contributed by atoms with E-state index in [0.29, 0.717) is 11.8 Å². The number of hydrogen-bond acceptors (Lipinski definition) is 4. The highest BCUT2D eigenvalue weighted by Crippen LogP contribution is 2.31. The zero-order valence-electron chi connectivity index (χ0n) is 14.4. The first-order valence-corrected chi connectivity index (χ1v) is 8.65. The Morgan fingerprint density at radius 3 is 2.38 bits per heavy atom. The van der Waals surface area contributed by atoms with E-state index in [9.17, 15) is 22.8 Å². The summed E-state index contributed by atoms with van der Waals surface area (Å²) in [5, 5.41) is -0.954. The summed E-state index contributed by atoms with van der Waals surface area (Å²) in [5.74, 6) is -0.491. The van der Waals surface area contributed by atoms with Crippen LogP contribution < -0.4 is 10.5 Å². The molecule has 0 saturated carbocycles. The zero-order valence-corrected chi connectivity index (χ0v) is 15.2. The van der Waals surface area contributed by atoms with Crippen molar-refractivity contribution in [2.45, 2.75) is 30.4 Å². The van der Waals surface area contributed by atoms with Crippen LogP contribution in [-0.2, 0) is 11.0 Å². The van der Waals surface area contributed by atoms with Crippen LogP contribution in [0.1, 0.15) is 19.5 Å². The van der Waals surface area contributed by atoms with E-state index in [2.05, 4.69) is 9.97 Å². The number of para-hydroxylation sites is 1. The van der Waals surface area contributed by atoms with Crippen molar-refractivity contribution in [3.05, 3.63) is 52.4 Å². The van der Waals surface area contributed by atoms with Gasteiger partial charge in [0.25, 0.3) is 5.56 Å². The standard InChI is InChI=1S/C17H18F3N3O2S/c1-10(2)14(15(25)23(3)11-7-5-4-6-8-11)26-16-21-12(17(18,19)20)9-13(24)22-16/h4-10,14H,1-3H3,(H,21,22,24). The number of carbonyl (C=O) groups is 1. The predicted octanol–water partition coefficient (Wildman–Crippen LogP) is 3.57. The normalized spacial score (nSPS) is 12.9. The highest BCUT2D eigenvalue weighted by atomic mass is 32.2. The highest BCUT2D eigenvalue weighted by Gasteiger charge is 2.34. The van der Waals surface area contributed by atoms with E-state index in [1.54, 1.807) is 45.2 Å². The molecule has 26 heavy (non-hydrogen) atoms. The molecule has 0 radical (unpaired) electrons. The van der Waals surface area contributed by atoms with Crippen LogP contribution in [0, 0.1) is 5.92 Å². The molecular weight excluding hydrogens is 367 g/mol. The van der Waals surface area contributed by atoms with Gasteiger partial charge >= 0.3 is 6.18 Å². The zero-order chi connectivity index (χ0) is 19.5. The summed E-state index contributed by atoms with van der Waals surface area (Å²) >= 11 is 0.814. The number of rotatable bonds is 5. The van der Waals surface area contributed by atoms with Gasteiger partial charge in [-0.2, -0.15) is 13.2 Å². The van der Waals surface area contributed by atoms with Crippen molar-refractivity contribution in [3.63, 3.8) is 0 Å². The molecule has 1 heterocycles. The van der Waals surface area contributed by atoms with Gasteiger partial charge in [0.05, 0.1) is 5.25 Å². The number of nitrogens with one attached hydrogen (secondary N) is 1. The lowest BCUT2D eigenvalue weighted by Gasteiger charge is -2.25. The Hall–Kier alpha value is -2.29. The quantitative estimate of drug-likeness (QED) is 0.631. The summed E-state index contributed by atoms with van der Waals surface area (Å²) < 4.78 is 38.6. The molecule has 1 amide bonds. The van der Waals surface area contributed by atoms with Crippen LogP contribution in [0.5, 0.6) is 0 Å². The van der Waals surface area contributed by atoms with Crippen LogP contribution in [0.4, 0.5) is 18.9 Å². The van der Waals surface area contributed by atoms with Crippen molar-refractivity contribution in [3.8, 4) is 0 Å². The van der Waals surface area contributed by atoms with E-state index in [0.717, 1.165) is 11.8 Å². The van der Waals surface area contributed by atoms with E-state index < -0.39 is 22.7 Å². The maximum Gasteiger partial charge on any atom is 0.433 e. The molecule has 2 rings (SSSR count). The van der Waals surface area contributed by atoms with E-state index in [4.69, 9.17) is 0 Å². The molecule has 0 fully saturated rings. The lowest BCUT2D eigenvalue weighted by Crippen LogP contribution is -2.37. The minimum atomic E-state index is -4.73. The monoisotopic (exact) mass is 385 g/mol. The molecule has 9 heteroatoms. The second-order valence-electron chi connectivity index (χ2n) is 5.95. The number of aromatic nitrogens is 2. The Kier molecular flexibility index (Phi) is 6.12. The summed E-state index contributed by atoms with van der Waals surface area (Å²) in [6.45, 7) is 3.56. The van der Waals surface area contributed by atoms with Crippen molar-refractivity contribution < 1.29 is 18.0 Å². The number of H-pyrrole nitrogens is 1. The molecule has 0 spiro atoms. The van der Waals surface area contributed by atoms with Gasteiger partial charge in [-0.15, -0.1) is 0 Å². The van der Waals surface area contributed by atoms with Crippen LogP contribution >= 0.6 is 11.8 Å². The Morgan fingerprint density at radius 2 is 1.85 bits per heavy atom. The summed E-state index contributed by atoms with van der Waals surface area (Å²) in [6.07, 6.45) is -4.73. The van der Waals surface area contributed by atoms with Crippen LogP contribution in [-0.4, -0.2) is 28.2 Å². The number of hydrogen-bond donors (Lipinski definition) is 1. The van der Waals surface area contributed by atoms with Crippen LogP contribution in [0.25, 0.3) is 0 Å². The number of aromatic amines is 1. The molecule has 2 aromatic rings. The van der Waals surface area contributed by atoms with E-state index in [1.165, 1.54) is 4.90 Å². The number of thioether (sulfide) groups is 1.